The summed E-state index contributed by atoms with van der Waals surface area (Å²) in [4.78, 5) is 30.1. The zero-order chi connectivity index (χ0) is 24.5. The van der Waals surface area contributed by atoms with Crippen molar-refractivity contribution in [3.8, 4) is 6.01 Å². The largest absolute Gasteiger partial charge is 0.465 e. The van der Waals surface area contributed by atoms with E-state index in [0.29, 0.717) is 50.2 Å². The van der Waals surface area contributed by atoms with Gasteiger partial charge in [-0.15, -0.1) is 0 Å². The fourth-order valence-corrected chi connectivity index (χ4v) is 6.48. The van der Waals surface area contributed by atoms with E-state index >= 15 is 4.39 Å². The number of hydrogen-bond acceptors (Lipinski definition) is 7. The average Bonchev–Trinajstić information content (AvgIpc) is 3.38. The summed E-state index contributed by atoms with van der Waals surface area (Å²) in [5.74, 6) is -0.349. The van der Waals surface area contributed by atoms with Gasteiger partial charge in [-0.2, -0.15) is 9.97 Å². The second-order valence-electron chi connectivity index (χ2n) is 10.1. The van der Waals surface area contributed by atoms with Crippen LogP contribution in [0.4, 0.5) is 19.4 Å². The van der Waals surface area contributed by atoms with Crippen molar-refractivity contribution in [2.45, 2.75) is 49.5 Å². The monoisotopic (exact) mass is 506 g/mol. The molecule has 0 saturated carbocycles. The molecule has 4 atom stereocenters. The predicted octanol–water partition coefficient (Wildman–Crippen LogP) is 3.27. The second kappa shape index (κ2) is 8.12. The quantitative estimate of drug-likeness (QED) is 0.499. The molecule has 9 nitrogen and oxygen atoms in total. The average molecular weight is 507 g/mol. The van der Waals surface area contributed by atoms with Crippen LogP contribution in [0.2, 0.25) is 5.15 Å². The summed E-state index contributed by atoms with van der Waals surface area (Å²) in [6.45, 7) is 6.00. The molecule has 4 fully saturated rings. The van der Waals surface area contributed by atoms with Gasteiger partial charge in [0, 0.05) is 38.8 Å². The summed E-state index contributed by atoms with van der Waals surface area (Å²) in [6, 6.07) is -0.388. The van der Waals surface area contributed by atoms with Crippen molar-refractivity contribution in [2.75, 3.05) is 37.7 Å². The number of carbonyl (C=O) groups is 1. The highest BCUT2D eigenvalue weighted by atomic mass is 35.5. The van der Waals surface area contributed by atoms with E-state index < -0.39 is 23.6 Å². The van der Waals surface area contributed by atoms with Gasteiger partial charge in [0.25, 0.3) is 0 Å². The number of anilines is 1. The molecular weight excluding hydrogens is 482 g/mol. The van der Waals surface area contributed by atoms with Gasteiger partial charge < -0.3 is 14.7 Å². The van der Waals surface area contributed by atoms with Crippen LogP contribution in [0.15, 0.2) is 18.3 Å². The molecule has 0 aromatic carbocycles. The zero-order valence-corrected chi connectivity index (χ0v) is 19.7. The number of alkyl halides is 1. The van der Waals surface area contributed by atoms with Gasteiger partial charge in [0.15, 0.2) is 11.0 Å². The van der Waals surface area contributed by atoms with E-state index in [1.165, 1.54) is 11.1 Å². The molecule has 186 valence electrons. The molecule has 0 aliphatic carbocycles. The molecule has 2 aromatic rings. The Balaban J connectivity index is 1.35. The van der Waals surface area contributed by atoms with E-state index in [0.717, 1.165) is 18.4 Å². The Labute approximate surface area is 205 Å². The first-order valence-corrected chi connectivity index (χ1v) is 12.1. The summed E-state index contributed by atoms with van der Waals surface area (Å²) in [7, 11) is 0. The van der Waals surface area contributed by atoms with E-state index in [9.17, 15) is 14.3 Å². The highest BCUT2D eigenvalue weighted by Gasteiger charge is 2.51. The number of rotatable bonds is 4. The third-order valence-electron chi connectivity index (χ3n) is 7.76. The molecule has 1 N–H and O–H groups in total. The molecule has 12 heteroatoms. The van der Waals surface area contributed by atoms with Crippen LogP contribution in [0.1, 0.15) is 25.7 Å². The standard InChI is InChI=1S/C23H25ClF2N6O3/c1-12-4-23(5-13(25)8-31(23)7-12)11-35-21-28-18-16(6-27-19(24)17(18)26)20(29-21)30-9-14-2-3-15(10-30)32(14)22(33)34/h6,13-15H,1-5,7-11H2,(H,33,34)/t13?,14-,15+,23?. The molecule has 4 saturated heterocycles. The Kier molecular flexibility index (Phi) is 5.26. The molecule has 0 spiro atoms. The predicted molar refractivity (Wildman–Crippen MR) is 124 cm³/mol. The minimum Gasteiger partial charge on any atom is -0.465 e. The lowest BCUT2D eigenvalue weighted by molar-refractivity contribution is 0.107. The number of fused-ring (bicyclic) bond motifs is 4. The maximum Gasteiger partial charge on any atom is 0.407 e. The van der Waals surface area contributed by atoms with E-state index in [2.05, 4.69) is 21.5 Å². The Morgan fingerprint density at radius 2 is 2.03 bits per heavy atom. The molecular formula is C23H25ClF2N6O3. The van der Waals surface area contributed by atoms with Crippen LogP contribution >= 0.6 is 11.6 Å². The molecule has 35 heavy (non-hydrogen) atoms. The molecule has 4 aliphatic heterocycles. The fourth-order valence-electron chi connectivity index (χ4n) is 6.34. The van der Waals surface area contributed by atoms with Crippen LogP contribution in [0, 0.1) is 5.82 Å². The van der Waals surface area contributed by atoms with Gasteiger partial charge in [0.05, 0.1) is 23.0 Å². The molecule has 4 aliphatic rings. The van der Waals surface area contributed by atoms with Gasteiger partial charge >= 0.3 is 12.1 Å². The molecule has 2 unspecified atom stereocenters. The summed E-state index contributed by atoms with van der Waals surface area (Å²) < 4.78 is 35.3. The van der Waals surface area contributed by atoms with Crippen molar-refractivity contribution in [3.05, 3.63) is 29.3 Å². The highest BCUT2D eigenvalue weighted by Crippen LogP contribution is 2.42. The Bertz CT molecular complexity index is 1220. The van der Waals surface area contributed by atoms with Crippen molar-refractivity contribution in [3.63, 3.8) is 0 Å². The SMILES string of the molecule is C=C1CN2CC(F)CC2(COc2nc(N3C[C@H]4CC[C@@H](C3)N4C(=O)O)c3cnc(Cl)c(F)c3n2)C1. The number of piperazine rings is 1. The maximum absolute atomic E-state index is 15.0. The number of nitrogens with zero attached hydrogens (tertiary/aromatic N) is 6. The number of aromatic nitrogens is 3. The van der Waals surface area contributed by atoms with Gasteiger partial charge in [0.2, 0.25) is 0 Å². The van der Waals surface area contributed by atoms with Crippen molar-refractivity contribution in [2.24, 2.45) is 0 Å². The lowest BCUT2D eigenvalue weighted by atomic mass is 9.93. The van der Waals surface area contributed by atoms with Gasteiger partial charge in [-0.25, -0.2) is 18.6 Å². The molecule has 6 heterocycles. The van der Waals surface area contributed by atoms with Crippen molar-refractivity contribution < 1.29 is 23.4 Å². The topological polar surface area (TPSA) is 94.9 Å². The van der Waals surface area contributed by atoms with Crippen LogP contribution in [-0.4, -0.2) is 92.5 Å². The Morgan fingerprint density at radius 3 is 2.74 bits per heavy atom. The van der Waals surface area contributed by atoms with Crippen LogP contribution in [0.3, 0.4) is 0 Å². The molecule has 6 rings (SSSR count). The summed E-state index contributed by atoms with van der Waals surface area (Å²) in [5, 5.41) is 9.66. The van der Waals surface area contributed by atoms with E-state index in [4.69, 9.17) is 16.3 Å². The third kappa shape index (κ3) is 3.67. The van der Waals surface area contributed by atoms with Crippen molar-refractivity contribution in [1.29, 1.82) is 0 Å². The summed E-state index contributed by atoms with van der Waals surface area (Å²) in [5.41, 5.74) is 0.490. The van der Waals surface area contributed by atoms with E-state index in [1.807, 2.05) is 9.80 Å². The number of pyridine rings is 1. The molecule has 1 amide bonds. The number of amides is 1. The second-order valence-corrected chi connectivity index (χ2v) is 10.4. The minimum absolute atomic E-state index is 0.0158. The lowest BCUT2D eigenvalue weighted by Crippen LogP contribution is -2.55. The minimum atomic E-state index is -0.942. The van der Waals surface area contributed by atoms with Crippen LogP contribution in [-0.2, 0) is 0 Å². The molecule has 0 radical (unpaired) electrons. The van der Waals surface area contributed by atoms with Gasteiger partial charge in [-0.05, 0) is 19.3 Å². The van der Waals surface area contributed by atoms with Crippen LogP contribution < -0.4 is 9.64 Å². The highest BCUT2D eigenvalue weighted by molar-refractivity contribution is 6.30. The first-order valence-electron chi connectivity index (χ1n) is 11.7. The lowest BCUT2D eigenvalue weighted by Gasteiger charge is -2.40. The van der Waals surface area contributed by atoms with Crippen LogP contribution in [0.25, 0.3) is 10.9 Å². The number of hydrogen-bond donors (Lipinski definition) is 1. The maximum atomic E-state index is 15.0. The van der Waals surface area contributed by atoms with E-state index in [-0.39, 0.29) is 35.4 Å². The number of carboxylic acid groups (broad SMARTS) is 1. The van der Waals surface area contributed by atoms with Crippen molar-refractivity contribution in [1.82, 2.24) is 24.8 Å². The Hall–Kier alpha value is -2.79. The fraction of sp³-hybridized carbons (Fsp3) is 0.565. The zero-order valence-electron chi connectivity index (χ0n) is 19.0. The molecule has 2 aromatic heterocycles. The normalized spacial score (nSPS) is 30.4. The molecule has 2 bridgehead atoms. The van der Waals surface area contributed by atoms with Gasteiger partial charge in [0.1, 0.15) is 24.1 Å². The van der Waals surface area contributed by atoms with Crippen molar-refractivity contribution >= 4 is 34.4 Å². The Morgan fingerprint density at radius 1 is 1.29 bits per heavy atom. The number of ether oxygens (including phenoxy) is 1. The first kappa shape index (κ1) is 22.7. The first-order chi connectivity index (χ1) is 16.7. The van der Waals surface area contributed by atoms with Gasteiger partial charge in [-0.1, -0.05) is 23.8 Å². The van der Waals surface area contributed by atoms with E-state index in [1.54, 1.807) is 0 Å². The number of halogens is 3. The third-order valence-corrected chi connectivity index (χ3v) is 8.02. The van der Waals surface area contributed by atoms with Gasteiger partial charge in [-0.3, -0.25) is 9.80 Å². The smallest absolute Gasteiger partial charge is 0.407 e. The summed E-state index contributed by atoms with van der Waals surface area (Å²) in [6.07, 6.45) is 2.02. The van der Waals surface area contributed by atoms with Crippen LogP contribution in [0.5, 0.6) is 6.01 Å². The summed E-state index contributed by atoms with van der Waals surface area (Å²) >= 11 is 5.94.